The number of benzene rings is 2. The Balaban J connectivity index is 1.44. The smallest absolute Gasteiger partial charge is 0.238 e. The van der Waals surface area contributed by atoms with Crippen LogP contribution >= 0.6 is 23.4 Å². The van der Waals surface area contributed by atoms with Gasteiger partial charge in [0, 0.05) is 22.4 Å². The fourth-order valence-electron chi connectivity index (χ4n) is 3.14. The van der Waals surface area contributed by atoms with Crippen molar-refractivity contribution in [3.05, 3.63) is 70.9 Å². The van der Waals surface area contributed by atoms with Gasteiger partial charge in [-0.3, -0.25) is 9.59 Å². The van der Waals surface area contributed by atoms with E-state index in [0.717, 1.165) is 16.2 Å². The summed E-state index contributed by atoms with van der Waals surface area (Å²) in [5.41, 5.74) is 2.58. The van der Waals surface area contributed by atoms with Crippen molar-refractivity contribution in [2.75, 3.05) is 10.6 Å². The summed E-state index contributed by atoms with van der Waals surface area (Å²) in [5.74, 6) is 0.183. The molecule has 1 aliphatic rings. The first-order chi connectivity index (χ1) is 14.0. The number of amides is 2. The van der Waals surface area contributed by atoms with Gasteiger partial charge in [0.1, 0.15) is 5.82 Å². The van der Waals surface area contributed by atoms with Crippen LogP contribution in [0.5, 0.6) is 0 Å². The highest BCUT2D eigenvalue weighted by atomic mass is 35.5. The number of halogens is 1. The van der Waals surface area contributed by atoms with Crippen molar-refractivity contribution in [1.82, 2.24) is 9.78 Å². The molecule has 2 heterocycles. The predicted octanol–water partition coefficient (Wildman–Crippen LogP) is 4.33. The van der Waals surface area contributed by atoms with Crippen LogP contribution in [0.15, 0.2) is 59.5 Å². The van der Waals surface area contributed by atoms with Crippen LogP contribution in [-0.2, 0) is 16.1 Å². The number of aryl methyl sites for hydroxylation is 1. The minimum absolute atomic E-state index is 0.0636. The number of hydrogen-bond acceptors (Lipinski definition) is 4. The number of nitrogens with one attached hydrogen (secondary N) is 2. The standard InChI is InChI=1S/C21H19ClN4O2S/c1-13-9-19(26(25-13)12-14-5-3-2-4-6-14)24-20(27)11-18-21(28)23-16-10-15(22)7-8-17(16)29-18/h2-10,18H,11-12H2,1H3,(H,23,28)(H,24,27). The van der Waals surface area contributed by atoms with Crippen LogP contribution in [0.4, 0.5) is 11.5 Å². The average molecular weight is 427 g/mol. The Hall–Kier alpha value is -2.77. The van der Waals surface area contributed by atoms with Crippen molar-refractivity contribution in [2.45, 2.75) is 30.0 Å². The summed E-state index contributed by atoms with van der Waals surface area (Å²) in [5, 5.41) is 10.2. The van der Waals surface area contributed by atoms with Gasteiger partial charge in [-0.15, -0.1) is 11.8 Å². The number of rotatable bonds is 5. The normalized spacial score (nSPS) is 15.5. The fourth-order valence-corrected chi connectivity index (χ4v) is 4.41. The van der Waals surface area contributed by atoms with E-state index in [2.05, 4.69) is 15.7 Å². The van der Waals surface area contributed by atoms with Gasteiger partial charge >= 0.3 is 0 Å². The Bertz CT molecular complexity index is 1070. The number of aromatic nitrogens is 2. The Morgan fingerprint density at radius 1 is 1.24 bits per heavy atom. The third-order valence-corrected chi connectivity index (χ3v) is 5.99. The topological polar surface area (TPSA) is 76.0 Å². The highest BCUT2D eigenvalue weighted by Crippen LogP contribution is 2.38. The molecule has 0 fully saturated rings. The minimum Gasteiger partial charge on any atom is -0.324 e. The molecule has 2 N–H and O–H groups in total. The molecule has 0 radical (unpaired) electrons. The molecule has 2 amide bonds. The summed E-state index contributed by atoms with van der Waals surface area (Å²) in [6.07, 6.45) is 0.0636. The molecule has 4 rings (SSSR count). The Labute approximate surface area is 177 Å². The number of carbonyl (C=O) groups excluding carboxylic acids is 2. The average Bonchev–Trinajstić information content (AvgIpc) is 3.02. The molecule has 1 unspecified atom stereocenters. The summed E-state index contributed by atoms with van der Waals surface area (Å²) in [4.78, 5) is 25.9. The third-order valence-electron chi connectivity index (χ3n) is 4.48. The van der Waals surface area contributed by atoms with E-state index in [1.807, 2.05) is 49.4 Å². The number of hydrogen-bond donors (Lipinski definition) is 2. The van der Waals surface area contributed by atoms with Gasteiger partial charge in [0.15, 0.2) is 0 Å². The molecule has 0 spiro atoms. The van der Waals surface area contributed by atoms with E-state index in [4.69, 9.17) is 11.6 Å². The second kappa shape index (κ2) is 8.31. The largest absolute Gasteiger partial charge is 0.324 e. The lowest BCUT2D eigenvalue weighted by Gasteiger charge is -2.23. The van der Waals surface area contributed by atoms with Crippen molar-refractivity contribution in [3.8, 4) is 0 Å². The number of carbonyl (C=O) groups is 2. The summed E-state index contributed by atoms with van der Waals surface area (Å²) in [6, 6.07) is 17.1. The lowest BCUT2D eigenvalue weighted by molar-refractivity contribution is -0.120. The minimum atomic E-state index is -0.504. The third kappa shape index (κ3) is 4.63. The maximum Gasteiger partial charge on any atom is 0.238 e. The number of thioether (sulfide) groups is 1. The van der Waals surface area contributed by atoms with Crippen LogP contribution in [0.1, 0.15) is 17.7 Å². The van der Waals surface area contributed by atoms with Gasteiger partial charge in [-0.25, -0.2) is 4.68 Å². The Morgan fingerprint density at radius 2 is 2.03 bits per heavy atom. The van der Waals surface area contributed by atoms with Crippen LogP contribution in [-0.4, -0.2) is 26.8 Å². The molecule has 1 aliphatic heterocycles. The summed E-state index contributed by atoms with van der Waals surface area (Å²) in [6.45, 7) is 2.43. The molecule has 148 valence electrons. The molecule has 29 heavy (non-hydrogen) atoms. The van der Waals surface area contributed by atoms with E-state index >= 15 is 0 Å². The molecular formula is C21H19ClN4O2S. The van der Waals surface area contributed by atoms with Gasteiger partial charge in [-0.2, -0.15) is 5.10 Å². The molecule has 3 aromatic rings. The lowest BCUT2D eigenvalue weighted by atomic mass is 10.2. The van der Waals surface area contributed by atoms with Gasteiger partial charge in [-0.05, 0) is 30.7 Å². The van der Waals surface area contributed by atoms with Crippen molar-refractivity contribution in [1.29, 1.82) is 0 Å². The molecule has 0 saturated heterocycles. The Morgan fingerprint density at radius 3 is 2.83 bits per heavy atom. The molecular weight excluding hydrogens is 408 g/mol. The number of anilines is 2. The zero-order valence-corrected chi connectivity index (χ0v) is 17.3. The lowest BCUT2D eigenvalue weighted by Crippen LogP contribution is -2.32. The monoisotopic (exact) mass is 426 g/mol. The quantitative estimate of drug-likeness (QED) is 0.636. The van der Waals surface area contributed by atoms with Gasteiger partial charge in [0.05, 0.1) is 23.2 Å². The van der Waals surface area contributed by atoms with Crippen molar-refractivity contribution >= 4 is 46.7 Å². The van der Waals surface area contributed by atoms with E-state index in [9.17, 15) is 9.59 Å². The van der Waals surface area contributed by atoms with E-state index in [0.29, 0.717) is 23.1 Å². The Kier molecular flexibility index (Phi) is 5.60. The molecule has 0 bridgehead atoms. The molecule has 0 saturated carbocycles. The molecule has 6 nitrogen and oxygen atoms in total. The van der Waals surface area contributed by atoms with Crippen LogP contribution in [0.25, 0.3) is 0 Å². The molecule has 0 aliphatic carbocycles. The van der Waals surface area contributed by atoms with Crippen molar-refractivity contribution in [3.63, 3.8) is 0 Å². The van der Waals surface area contributed by atoms with E-state index in [1.165, 1.54) is 11.8 Å². The van der Waals surface area contributed by atoms with E-state index in [1.54, 1.807) is 16.8 Å². The van der Waals surface area contributed by atoms with Gasteiger partial charge in [0.25, 0.3) is 0 Å². The van der Waals surface area contributed by atoms with Crippen molar-refractivity contribution < 1.29 is 9.59 Å². The predicted molar refractivity (Wildman–Crippen MR) is 115 cm³/mol. The second-order valence-electron chi connectivity index (χ2n) is 6.80. The van der Waals surface area contributed by atoms with Crippen LogP contribution < -0.4 is 10.6 Å². The summed E-state index contributed by atoms with van der Waals surface area (Å²) in [7, 11) is 0. The zero-order valence-electron chi connectivity index (χ0n) is 15.7. The second-order valence-corrected chi connectivity index (χ2v) is 8.48. The van der Waals surface area contributed by atoms with Gasteiger partial charge in [-0.1, -0.05) is 41.9 Å². The molecule has 8 heteroatoms. The maximum atomic E-state index is 12.6. The summed E-state index contributed by atoms with van der Waals surface area (Å²) >= 11 is 7.35. The first kappa shape index (κ1) is 19.5. The zero-order chi connectivity index (χ0) is 20.4. The van der Waals surface area contributed by atoms with Gasteiger partial charge < -0.3 is 10.6 Å². The highest BCUT2D eigenvalue weighted by molar-refractivity contribution is 8.01. The fraction of sp³-hybridized carbons (Fsp3) is 0.190. The van der Waals surface area contributed by atoms with Gasteiger partial charge in [0.2, 0.25) is 11.8 Å². The van der Waals surface area contributed by atoms with Crippen LogP contribution in [0.2, 0.25) is 5.02 Å². The summed E-state index contributed by atoms with van der Waals surface area (Å²) < 4.78 is 1.76. The highest BCUT2D eigenvalue weighted by Gasteiger charge is 2.29. The molecule has 1 atom stereocenters. The first-order valence-electron chi connectivity index (χ1n) is 9.13. The molecule has 1 aromatic heterocycles. The maximum absolute atomic E-state index is 12.6. The van der Waals surface area contributed by atoms with Crippen molar-refractivity contribution in [2.24, 2.45) is 0 Å². The molecule has 2 aromatic carbocycles. The first-order valence-corrected chi connectivity index (χ1v) is 10.4. The SMILES string of the molecule is Cc1cc(NC(=O)CC2Sc3ccc(Cl)cc3NC2=O)n(Cc2ccccc2)n1. The van der Waals surface area contributed by atoms with Crippen LogP contribution in [0, 0.1) is 6.92 Å². The number of fused-ring (bicyclic) bond motifs is 1. The van der Waals surface area contributed by atoms with E-state index in [-0.39, 0.29) is 18.2 Å². The van der Waals surface area contributed by atoms with Crippen LogP contribution in [0.3, 0.4) is 0 Å². The number of nitrogens with zero attached hydrogens (tertiary/aromatic N) is 2. The van der Waals surface area contributed by atoms with E-state index < -0.39 is 5.25 Å².